The SMILES string of the molecule is COc1ccc(F)cc1C(C)(C)CC(O)(Cc1cc2c(C)cc(Cl)cc2[nH]1)C(F)(F)F. The van der Waals surface area contributed by atoms with Gasteiger partial charge < -0.3 is 14.8 Å². The van der Waals surface area contributed by atoms with E-state index in [1.807, 2.05) is 0 Å². The molecular weight excluding hydrogens is 434 g/mol. The molecule has 0 amide bonds. The Hall–Kier alpha value is -2.25. The lowest BCUT2D eigenvalue weighted by atomic mass is 9.73. The van der Waals surface area contributed by atoms with Crippen LogP contribution in [-0.2, 0) is 11.8 Å². The van der Waals surface area contributed by atoms with Gasteiger partial charge in [0.15, 0.2) is 5.60 Å². The predicted molar refractivity (Wildman–Crippen MR) is 113 cm³/mol. The van der Waals surface area contributed by atoms with Gasteiger partial charge in [-0.25, -0.2) is 4.39 Å². The number of halogens is 5. The Labute approximate surface area is 183 Å². The highest BCUT2D eigenvalue weighted by atomic mass is 35.5. The molecule has 2 N–H and O–H groups in total. The van der Waals surface area contributed by atoms with Crippen molar-refractivity contribution >= 4 is 22.5 Å². The molecule has 0 saturated heterocycles. The zero-order valence-corrected chi connectivity index (χ0v) is 18.4. The van der Waals surface area contributed by atoms with Gasteiger partial charge in [-0.05, 0) is 60.7 Å². The number of rotatable bonds is 6. The van der Waals surface area contributed by atoms with Gasteiger partial charge in [-0.1, -0.05) is 25.4 Å². The predicted octanol–water partition coefficient (Wildman–Crippen LogP) is 6.48. The second-order valence-electron chi connectivity index (χ2n) is 8.59. The van der Waals surface area contributed by atoms with E-state index in [0.29, 0.717) is 10.5 Å². The van der Waals surface area contributed by atoms with Crippen molar-refractivity contribution < 1.29 is 27.4 Å². The number of alkyl halides is 3. The number of aliphatic hydroxyl groups is 1. The van der Waals surface area contributed by atoms with E-state index in [-0.39, 0.29) is 17.0 Å². The normalized spacial score (nSPS) is 14.6. The molecule has 1 atom stereocenters. The summed E-state index contributed by atoms with van der Waals surface area (Å²) in [6.07, 6.45) is -6.31. The van der Waals surface area contributed by atoms with Crippen molar-refractivity contribution in [1.82, 2.24) is 4.98 Å². The van der Waals surface area contributed by atoms with Crippen LogP contribution in [0.4, 0.5) is 17.6 Å². The van der Waals surface area contributed by atoms with Crippen molar-refractivity contribution in [1.29, 1.82) is 0 Å². The maximum Gasteiger partial charge on any atom is 0.417 e. The number of hydrogen-bond acceptors (Lipinski definition) is 2. The Bertz CT molecular complexity index is 1110. The van der Waals surface area contributed by atoms with Crippen LogP contribution in [0.5, 0.6) is 5.75 Å². The molecule has 2 aromatic carbocycles. The summed E-state index contributed by atoms with van der Waals surface area (Å²) in [4.78, 5) is 2.93. The van der Waals surface area contributed by atoms with Crippen LogP contribution in [0.2, 0.25) is 5.02 Å². The number of nitrogens with one attached hydrogen (secondary N) is 1. The van der Waals surface area contributed by atoms with Crippen LogP contribution >= 0.6 is 11.6 Å². The molecule has 8 heteroatoms. The van der Waals surface area contributed by atoms with E-state index in [0.717, 1.165) is 17.0 Å². The largest absolute Gasteiger partial charge is 0.496 e. The third-order valence-electron chi connectivity index (χ3n) is 5.60. The minimum Gasteiger partial charge on any atom is -0.496 e. The van der Waals surface area contributed by atoms with Crippen molar-refractivity contribution in [2.45, 2.75) is 50.8 Å². The first-order chi connectivity index (χ1) is 14.3. The van der Waals surface area contributed by atoms with E-state index in [2.05, 4.69) is 4.98 Å². The fraction of sp³-hybridized carbons (Fsp3) is 0.391. The summed E-state index contributed by atoms with van der Waals surface area (Å²) in [6.45, 7) is 4.85. The molecular formula is C23H24ClF4NO2. The fourth-order valence-corrected chi connectivity index (χ4v) is 4.41. The number of fused-ring (bicyclic) bond motifs is 1. The summed E-state index contributed by atoms with van der Waals surface area (Å²) in [5.41, 5.74) is -2.44. The molecule has 0 aliphatic carbocycles. The molecule has 3 rings (SSSR count). The van der Waals surface area contributed by atoms with E-state index < -0.39 is 35.9 Å². The lowest BCUT2D eigenvalue weighted by Gasteiger charge is -2.38. The number of H-pyrrole nitrogens is 1. The van der Waals surface area contributed by atoms with Crippen LogP contribution in [0.1, 0.15) is 37.1 Å². The van der Waals surface area contributed by atoms with Crippen molar-refractivity contribution in [3.63, 3.8) is 0 Å². The summed E-state index contributed by atoms with van der Waals surface area (Å²) in [5, 5.41) is 12.1. The molecule has 0 fully saturated rings. The van der Waals surface area contributed by atoms with E-state index in [9.17, 15) is 22.7 Å². The Morgan fingerprint density at radius 1 is 1.10 bits per heavy atom. The van der Waals surface area contributed by atoms with Crippen molar-refractivity contribution in [2.24, 2.45) is 0 Å². The number of methoxy groups -OCH3 is 1. The zero-order chi connectivity index (χ0) is 23.2. The standard InChI is InChI=1S/C23H24ClF4NO2/c1-13-7-14(24)8-19-17(13)10-16(29-19)11-22(30,23(26,27)28)12-21(2,3)18-9-15(25)5-6-20(18)31-4/h5-10,29-30H,11-12H2,1-4H3. The van der Waals surface area contributed by atoms with Gasteiger partial charge >= 0.3 is 6.18 Å². The average molecular weight is 458 g/mol. The summed E-state index contributed by atoms with van der Waals surface area (Å²) in [5.74, 6) is -0.339. The number of ether oxygens (including phenoxy) is 1. The number of aromatic amines is 1. The van der Waals surface area contributed by atoms with Gasteiger partial charge in [0.2, 0.25) is 0 Å². The number of aryl methyl sites for hydroxylation is 1. The van der Waals surface area contributed by atoms with E-state index in [4.69, 9.17) is 16.3 Å². The van der Waals surface area contributed by atoms with Crippen LogP contribution in [-0.4, -0.2) is 29.0 Å². The first-order valence-electron chi connectivity index (χ1n) is 9.67. The summed E-state index contributed by atoms with van der Waals surface area (Å²) in [7, 11) is 1.36. The molecule has 1 unspecified atom stereocenters. The lowest BCUT2D eigenvalue weighted by Crippen LogP contribution is -2.51. The second kappa shape index (κ2) is 8.02. The highest BCUT2D eigenvalue weighted by molar-refractivity contribution is 6.31. The highest BCUT2D eigenvalue weighted by Gasteiger charge is 2.56. The van der Waals surface area contributed by atoms with Gasteiger partial charge in [0.1, 0.15) is 11.6 Å². The molecule has 0 saturated carbocycles. The Kier molecular flexibility index (Phi) is 6.06. The fourth-order valence-electron chi connectivity index (χ4n) is 4.14. The second-order valence-corrected chi connectivity index (χ2v) is 9.03. The molecule has 3 nitrogen and oxygen atoms in total. The maximum absolute atomic E-state index is 14.1. The topological polar surface area (TPSA) is 45.2 Å². The van der Waals surface area contributed by atoms with E-state index in [1.54, 1.807) is 25.1 Å². The maximum atomic E-state index is 14.1. The minimum absolute atomic E-state index is 0.224. The van der Waals surface area contributed by atoms with Crippen LogP contribution in [0, 0.1) is 12.7 Å². The number of aromatic nitrogens is 1. The number of hydrogen-bond donors (Lipinski definition) is 2. The molecule has 0 radical (unpaired) electrons. The molecule has 3 aromatic rings. The van der Waals surface area contributed by atoms with Crippen LogP contribution in [0.15, 0.2) is 36.4 Å². The average Bonchev–Trinajstić information content (AvgIpc) is 3.02. The molecule has 0 spiro atoms. The van der Waals surface area contributed by atoms with E-state index >= 15 is 0 Å². The number of benzene rings is 2. The minimum atomic E-state index is -4.92. The van der Waals surface area contributed by atoms with Crippen molar-refractivity contribution in [2.75, 3.05) is 7.11 Å². The first-order valence-corrected chi connectivity index (χ1v) is 10.0. The Morgan fingerprint density at radius 2 is 1.77 bits per heavy atom. The van der Waals surface area contributed by atoms with Crippen molar-refractivity contribution in [3.8, 4) is 5.75 Å². The van der Waals surface area contributed by atoms with Crippen LogP contribution in [0.3, 0.4) is 0 Å². The summed E-state index contributed by atoms with van der Waals surface area (Å²) < 4.78 is 61.4. The van der Waals surface area contributed by atoms with Crippen LogP contribution in [0.25, 0.3) is 10.9 Å². The quantitative estimate of drug-likeness (QED) is 0.416. The van der Waals surface area contributed by atoms with Gasteiger partial charge in [0, 0.05) is 33.6 Å². The molecule has 1 heterocycles. The Morgan fingerprint density at radius 3 is 2.39 bits per heavy atom. The Balaban J connectivity index is 2.02. The van der Waals surface area contributed by atoms with Gasteiger partial charge in [0.25, 0.3) is 0 Å². The van der Waals surface area contributed by atoms with Gasteiger partial charge in [0.05, 0.1) is 7.11 Å². The molecule has 168 valence electrons. The van der Waals surface area contributed by atoms with Gasteiger partial charge in [-0.15, -0.1) is 0 Å². The van der Waals surface area contributed by atoms with Gasteiger partial charge in [-0.2, -0.15) is 13.2 Å². The third-order valence-corrected chi connectivity index (χ3v) is 5.82. The molecule has 1 aromatic heterocycles. The van der Waals surface area contributed by atoms with E-state index in [1.165, 1.54) is 33.1 Å². The molecule has 0 aliphatic heterocycles. The molecule has 0 aliphatic rings. The molecule has 0 bridgehead atoms. The van der Waals surface area contributed by atoms with Gasteiger partial charge in [-0.3, -0.25) is 0 Å². The monoisotopic (exact) mass is 457 g/mol. The smallest absolute Gasteiger partial charge is 0.417 e. The van der Waals surface area contributed by atoms with Crippen LogP contribution < -0.4 is 4.74 Å². The van der Waals surface area contributed by atoms with Crippen molar-refractivity contribution in [3.05, 3.63) is 64.1 Å². The first kappa shape index (κ1) is 23.4. The third kappa shape index (κ3) is 4.67. The summed E-state index contributed by atoms with van der Waals surface area (Å²) in [6, 6.07) is 8.62. The lowest BCUT2D eigenvalue weighted by molar-refractivity contribution is -0.266. The summed E-state index contributed by atoms with van der Waals surface area (Å²) >= 11 is 6.04. The highest BCUT2D eigenvalue weighted by Crippen LogP contribution is 2.45. The molecule has 31 heavy (non-hydrogen) atoms. The zero-order valence-electron chi connectivity index (χ0n) is 17.6.